The van der Waals surface area contributed by atoms with Crippen LogP contribution in [0.5, 0.6) is 0 Å². The van der Waals surface area contributed by atoms with Gasteiger partial charge in [-0.2, -0.15) is 11.8 Å². The molecule has 0 aliphatic carbocycles. The van der Waals surface area contributed by atoms with Gasteiger partial charge in [-0.05, 0) is 24.7 Å². The summed E-state index contributed by atoms with van der Waals surface area (Å²) in [6.45, 7) is 0.932. The van der Waals surface area contributed by atoms with E-state index >= 15 is 0 Å². The van der Waals surface area contributed by atoms with Crippen molar-refractivity contribution in [2.75, 3.05) is 23.3 Å². The maximum absolute atomic E-state index is 6.04. The minimum Gasteiger partial charge on any atom is -0.397 e. The van der Waals surface area contributed by atoms with Crippen molar-refractivity contribution >= 4 is 34.9 Å². The van der Waals surface area contributed by atoms with Crippen molar-refractivity contribution < 1.29 is 0 Å². The predicted octanol–water partition coefficient (Wildman–Crippen LogP) is 3.01. The number of nitrogens with two attached hydrogens (primary N) is 1. The number of thioether (sulfide) groups is 1. The molecule has 5 heteroatoms. The lowest BCUT2D eigenvalue weighted by Crippen LogP contribution is -2.20. The monoisotopic (exact) mass is 257 g/mol. The molecule has 88 valence electrons. The van der Waals surface area contributed by atoms with E-state index in [-0.39, 0.29) is 0 Å². The van der Waals surface area contributed by atoms with Crippen LogP contribution in [0.1, 0.15) is 19.3 Å². The molecule has 3 nitrogen and oxygen atoms in total. The number of anilines is 2. The molecule has 0 radical (unpaired) electrons. The molecule has 2 heterocycles. The molecule has 1 fully saturated rings. The van der Waals surface area contributed by atoms with Crippen LogP contribution in [0.15, 0.2) is 12.3 Å². The largest absolute Gasteiger partial charge is 0.397 e. The third kappa shape index (κ3) is 3.19. The smallest absolute Gasteiger partial charge is 0.144 e. The number of nitrogens with one attached hydrogen (secondary N) is 1. The minimum absolute atomic E-state index is 0.598. The standard InChI is InChI=1S/C11H16ClN3S/c12-10-5-8(13)6-14-11(10)15-7-9-3-1-2-4-16-9/h5-6,9H,1-4,7,13H2,(H,14,15). The van der Waals surface area contributed by atoms with Crippen molar-refractivity contribution in [3.8, 4) is 0 Å². The van der Waals surface area contributed by atoms with E-state index in [9.17, 15) is 0 Å². The molecule has 0 aromatic carbocycles. The molecule has 0 bridgehead atoms. The van der Waals surface area contributed by atoms with Crippen molar-refractivity contribution in [2.24, 2.45) is 0 Å². The molecule has 0 amide bonds. The second-order valence-corrected chi connectivity index (χ2v) is 5.78. The Morgan fingerprint density at radius 1 is 1.56 bits per heavy atom. The molecule has 1 saturated heterocycles. The summed E-state index contributed by atoms with van der Waals surface area (Å²) in [6, 6.07) is 1.73. The maximum Gasteiger partial charge on any atom is 0.144 e. The van der Waals surface area contributed by atoms with Crippen LogP contribution in [-0.4, -0.2) is 22.5 Å². The van der Waals surface area contributed by atoms with Gasteiger partial charge in [0, 0.05) is 11.8 Å². The number of rotatable bonds is 3. The number of hydrogen-bond acceptors (Lipinski definition) is 4. The fraction of sp³-hybridized carbons (Fsp3) is 0.545. The van der Waals surface area contributed by atoms with Gasteiger partial charge < -0.3 is 11.1 Å². The first-order valence-electron chi connectivity index (χ1n) is 5.52. The van der Waals surface area contributed by atoms with Gasteiger partial charge in [-0.25, -0.2) is 4.98 Å². The Morgan fingerprint density at radius 2 is 2.44 bits per heavy atom. The molecule has 0 saturated carbocycles. The molecule has 0 spiro atoms. The first kappa shape index (κ1) is 11.9. The van der Waals surface area contributed by atoms with E-state index in [1.165, 1.54) is 25.0 Å². The molecule has 2 rings (SSSR count). The Morgan fingerprint density at radius 3 is 3.12 bits per heavy atom. The number of nitrogen functional groups attached to an aromatic ring is 1. The molecule has 3 N–H and O–H groups in total. The Labute approximate surface area is 105 Å². The Kier molecular flexibility index (Phi) is 4.18. The number of nitrogens with zero attached hydrogens (tertiary/aromatic N) is 1. The van der Waals surface area contributed by atoms with Crippen molar-refractivity contribution in [1.82, 2.24) is 4.98 Å². The summed E-state index contributed by atoms with van der Waals surface area (Å²) >= 11 is 8.07. The first-order chi connectivity index (χ1) is 7.75. The third-order valence-electron chi connectivity index (χ3n) is 2.63. The zero-order valence-corrected chi connectivity index (χ0v) is 10.7. The van der Waals surface area contributed by atoms with Crippen LogP contribution in [0.3, 0.4) is 0 Å². The predicted molar refractivity (Wildman–Crippen MR) is 72.2 cm³/mol. The van der Waals surface area contributed by atoms with Crippen molar-refractivity contribution in [2.45, 2.75) is 24.5 Å². The maximum atomic E-state index is 6.04. The fourth-order valence-electron chi connectivity index (χ4n) is 1.76. The third-order valence-corrected chi connectivity index (χ3v) is 4.32. The van der Waals surface area contributed by atoms with Gasteiger partial charge in [-0.15, -0.1) is 0 Å². The summed E-state index contributed by atoms with van der Waals surface area (Å²) < 4.78 is 0. The van der Waals surface area contributed by atoms with Crippen molar-refractivity contribution in [3.63, 3.8) is 0 Å². The van der Waals surface area contributed by atoms with E-state index in [2.05, 4.69) is 10.3 Å². The van der Waals surface area contributed by atoms with Crippen LogP contribution in [0.4, 0.5) is 11.5 Å². The summed E-state index contributed by atoms with van der Waals surface area (Å²) in [5.74, 6) is 2.01. The van der Waals surface area contributed by atoms with E-state index in [1.807, 2.05) is 11.8 Å². The topological polar surface area (TPSA) is 50.9 Å². The van der Waals surface area contributed by atoms with Gasteiger partial charge in [0.1, 0.15) is 5.82 Å². The van der Waals surface area contributed by atoms with Crippen LogP contribution >= 0.6 is 23.4 Å². The molecule has 16 heavy (non-hydrogen) atoms. The van der Waals surface area contributed by atoms with Gasteiger partial charge in [0.05, 0.1) is 16.9 Å². The number of halogens is 1. The minimum atomic E-state index is 0.598. The Balaban J connectivity index is 1.88. The number of hydrogen-bond donors (Lipinski definition) is 2. The molecule has 1 unspecified atom stereocenters. The zero-order valence-electron chi connectivity index (χ0n) is 9.08. The quantitative estimate of drug-likeness (QED) is 0.874. The molecule has 1 aromatic rings. The summed E-state index contributed by atoms with van der Waals surface area (Å²) in [5.41, 5.74) is 6.19. The van der Waals surface area contributed by atoms with Crippen LogP contribution in [-0.2, 0) is 0 Å². The van der Waals surface area contributed by atoms with Crippen LogP contribution in [0.2, 0.25) is 5.02 Å². The van der Waals surface area contributed by atoms with Gasteiger partial charge in [-0.3, -0.25) is 0 Å². The van der Waals surface area contributed by atoms with Crippen LogP contribution in [0, 0.1) is 0 Å². The van der Waals surface area contributed by atoms with E-state index < -0.39 is 0 Å². The highest BCUT2D eigenvalue weighted by molar-refractivity contribution is 7.99. The molecule has 1 aromatic heterocycles. The van der Waals surface area contributed by atoms with Crippen molar-refractivity contribution in [3.05, 3.63) is 17.3 Å². The van der Waals surface area contributed by atoms with Crippen LogP contribution < -0.4 is 11.1 Å². The van der Waals surface area contributed by atoms with Gasteiger partial charge in [0.25, 0.3) is 0 Å². The second kappa shape index (κ2) is 5.64. The zero-order chi connectivity index (χ0) is 11.4. The second-order valence-electron chi connectivity index (χ2n) is 3.97. The average Bonchev–Trinajstić information content (AvgIpc) is 2.29. The van der Waals surface area contributed by atoms with Gasteiger partial charge in [0.2, 0.25) is 0 Å². The molecular formula is C11H16ClN3S. The highest BCUT2D eigenvalue weighted by Crippen LogP contribution is 2.26. The molecule has 1 atom stereocenters. The lowest BCUT2D eigenvalue weighted by Gasteiger charge is -2.21. The fourth-order valence-corrected chi connectivity index (χ4v) is 3.24. The molecule has 1 aliphatic heterocycles. The van der Waals surface area contributed by atoms with Gasteiger partial charge in [0.15, 0.2) is 0 Å². The van der Waals surface area contributed by atoms with Gasteiger partial charge in [-0.1, -0.05) is 18.0 Å². The Hall–Kier alpha value is -0.610. The summed E-state index contributed by atoms with van der Waals surface area (Å²) in [7, 11) is 0. The van der Waals surface area contributed by atoms with Gasteiger partial charge >= 0.3 is 0 Å². The van der Waals surface area contributed by atoms with E-state index in [0.717, 1.165) is 12.4 Å². The lowest BCUT2D eigenvalue weighted by molar-refractivity contribution is 0.677. The summed E-state index contributed by atoms with van der Waals surface area (Å²) in [5, 5.41) is 4.57. The highest BCUT2D eigenvalue weighted by atomic mass is 35.5. The van der Waals surface area contributed by atoms with Crippen LogP contribution in [0.25, 0.3) is 0 Å². The summed E-state index contributed by atoms with van der Waals surface area (Å²) in [6.07, 6.45) is 5.59. The molecule has 1 aliphatic rings. The number of aromatic nitrogens is 1. The Bertz CT molecular complexity index is 353. The van der Waals surface area contributed by atoms with E-state index in [4.69, 9.17) is 17.3 Å². The lowest BCUT2D eigenvalue weighted by atomic mass is 10.2. The molecular weight excluding hydrogens is 242 g/mol. The van der Waals surface area contributed by atoms with Crippen molar-refractivity contribution in [1.29, 1.82) is 0 Å². The highest BCUT2D eigenvalue weighted by Gasteiger charge is 2.14. The number of pyridine rings is 1. The average molecular weight is 258 g/mol. The summed E-state index contributed by atoms with van der Waals surface area (Å²) in [4.78, 5) is 4.18. The van der Waals surface area contributed by atoms with E-state index in [0.29, 0.717) is 16.0 Å². The van der Waals surface area contributed by atoms with E-state index in [1.54, 1.807) is 12.3 Å². The first-order valence-corrected chi connectivity index (χ1v) is 6.95. The normalized spacial score (nSPS) is 20.7. The SMILES string of the molecule is Nc1cnc(NCC2CCCCS2)c(Cl)c1.